The lowest BCUT2D eigenvalue weighted by Gasteiger charge is -2.22. The molecule has 0 atom stereocenters. The molecule has 1 heterocycles. The molecule has 2 N–H and O–H groups in total. The van der Waals surface area contributed by atoms with Gasteiger partial charge in [-0.25, -0.2) is 9.97 Å². The van der Waals surface area contributed by atoms with Gasteiger partial charge < -0.3 is 10.2 Å². The number of nitrogens with zero attached hydrogens (tertiary/aromatic N) is 2. The van der Waals surface area contributed by atoms with Crippen LogP contribution >= 0.6 is 0 Å². The van der Waals surface area contributed by atoms with Gasteiger partial charge in [-0.2, -0.15) is 0 Å². The monoisotopic (exact) mass is 334 g/mol. The fourth-order valence-corrected chi connectivity index (χ4v) is 3.38. The normalized spacial score (nSPS) is 11.1. The van der Waals surface area contributed by atoms with Crippen molar-refractivity contribution in [2.75, 3.05) is 0 Å². The third-order valence-corrected chi connectivity index (χ3v) is 4.47. The SMILES string of the molecule is Cc1cc(C)c(O)c(C(c2ccncn2)c2cc(C)cc(C)c2O)c1. The molecule has 0 fully saturated rings. The molecule has 1 aromatic heterocycles. The van der Waals surface area contributed by atoms with Crippen LogP contribution < -0.4 is 0 Å². The maximum absolute atomic E-state index is 10.7. The molecule has 0 amide bonds. The largest absolute Gasteiger partial charge is 0.507 e. The summed E-state index contributed by atoms with van der Waals surface area (Å²) in [5, 5.41) is 21.4. The molecule has 0 spiro atoms. The lowest BCUT2D eigenvalue weighted by atomic mass is 9.84. The lowest BCUT2D eigenvalue weighted by Crippen LogP contribution is -2.08. The molecule has 2 aromatic carbocycles. The summed E-state index contributed by atoms with van der Waals surface area (Å²) in [7, 11) is 0. The Balaban J connectivity index is 2.34. The van der Waals surface area contributed by atoms with E-state index in [1.165, 1.54) is 6.33 Å². The molecule has 0 bridgehead atoms. The van der Waals surface area contributed by atoms with Crippen LogP contribution in [0.5, 0.6) is 11.5 Å². The first kappa shape index (κ1) is 17.0. The summed E-state index contributed by atoms with van der Waals surface area (Å²) in [4.78, 5) is 8.39. The van der Waals surface area contributed by atoms with Crippen LogP contribution in [0.1, 0.15) is 45.0 Å². The summed E-state index contributed by atoms with van der Waals surface area (Å²) < 4.78 is 0. The molecule has 0 unspecified atom stereocenters. The van der Waals surface area contributed by atoms with Gasteiger partial charge in [0.25, 0.3) is 0 Å². The molecule has 128 valence electrons. The van der Waals surface area contributed by atoms with E-state index in [-0.39, 0.29) is 17.4 Å². The van der Waals surface area contributed by atoms with Crippen molar-refractivity contribution in [1.29, 1.82) is 0 Å². The summed E-state index contributed by atoms with van der Waals surface area (Å²) >= 11 is 0. The fourth-order valence-electron chi connectivity index (χ4n) is 3.38. The molecule has 0 aliphatic rings. The molecule has 3 aromatic rings. The lowest BCUT2D eigenvalue weighted by molar-refractivity contribution is 0.453. The molecule has 0 aliphatic carbocycles. The standard InChI is InChI=1S/C21H22N2O2/c1-12-7-14(3)20(24)16(9-12)19(18-5-6-22-11-23-18)17-10-13(2)8-15(4)21(17)25/h5-11,19,24-25H,1-4H3. The quantitative estimate of drug-likeness (QED) is 0.749. The molecule has 0 saturated carbocycles. The van der Waals surface area contributed by atoms with Crippen LogP contribution in [0.4, 0.5) is 0 Å². The van der Waals surface area contributed by atoms with Gasteiger partial charge in [0.1, 0.15) is 17.8 Å². The van der Waals surface area contributed by atoms with Crippen molar-refractivity contribution in [2.24, 2.45) is 0 Å². The minimum Gasteiger partial charge on any atom is -0.507 e. The van der Waals surface area contributed by atoms with E-state index in [1.54, 1.807) is 6.20 Å². The van der Waals surface area contributed by atoms with Gasteiger partial charge in [-0.1, -0.05) is 35.4 Å². The van der Waals surface area contributed by atoms with Gasteiger partial charge in [-0.05, 0) is 44.9 Å². The highest BCUT2D eigenvalue weighted by Gasteiger charge is 2.26. The van der Waals surface area contributed by atoms with Crippen LogP contribution in [0.3, 0.4) is 0 Å². The van der Waals surface area contributed by atoms with E-state index < -0.39 is 0 Å². The number of hydrogen-bond acceptors (Lipinski definition) is 4. The highest BCUT2D eigenvalue weighted by Crippen LogP contribution is 2.42. The molecule has 4 nitrogen and oxygen atoms in total. The molecule has 3 rings (SSSR count). The Morgan fingerprint density at radius 3 is 1.76 bits per heavy atom. The second-order valence-electron chi connectivity index (χ2n) is 6.61. The van der Waals surface area contributed by atoms with Gasteiger partial charge in [-0.3, -0.25) is 0 Å². The average molecular weight is 334 g/mol. The number of phenols is 2. The van der Waals surface area contributed by atoms with Gasteiger partial charge in [0.15, 0.2) is 0 Å². The first-order valence-corrected chi connectivity index (χ1v) is 8.24. The van der Waals surface area contributed by atoms with Crippen LogP contribution in [0.2, 0.25) is 0 Å². The van der Waals surface area contributed by atoms with Crippen LogP contribution in [0, 0.1) is 27.7 Å². The van der Waals surface area contributed by atoms with Gasteiger partial charge in [0.05, 0.1) is 11.6 Å². The maximum atomic E-state index is 10.7. The molecule has 0 saturated heterocycles. The van der Waals surface area contributed by atoms with Crippen LogP contribution in [0.15, 0.2) is 42.9 Å². The Morgan fingerprint density at radius 2 is 1.32 bits per heavy atom. The first-order valence-electron chi connectivity index (χ1n) is 8.24. The van der Waals surface area contributed by atoms with E-state index in [2.05, 4.69) is 9.97 Å². The zero-order chi connectivity index (χ0) is 18.1. The number of phenolic OH excluding ortho intramolecular Hbond substituents is 2. The Bertz CT molecular complexity index is 863. The van der Waals surface area contributed by atoms with Crippen LogP contribution in [0.25, 0.3) is 0 Å². The average Bonchev–Trinajstić information content (AvgIpc) is 2.57. The zero-order valence-corrected chi connectivity index (χ0v) is 14.9. The Morgan fingerprint density at radius 1 is 0.800 bits per heavy atom. The predicted molar refractivity (Wildman–Crippen MR) is 98.1 cm³/mol. The van der Waals surface area contributed by atoms with Crippen molar-refractivity contribution in [1.82, 2.24) is 9.97 Å². The molecule has 0 aliphatic heterocycles. The minimum absolute atomic E-state index is 0.229. The summed E-state index contributed by atoms with van der Waals surface area (Å²) in [6.07, 6.45) is 3.16. The summed E-state index contributed by atoms with van der Waals surface area (Å²) in [5.41, 5.74) is 5.90. The van der Waals surface area contributed by atoms with Crippen molar-refractivity contribution in [3.05, 3.63) is 81.9 Å². The number of rotatable bonds is 3. The maximum Gasteiger partial charge on any atom is 0.122 e. The molecular formula is C21H22N2O2. The Hall–Kier alpha value is -2.88. The van der Waals surface area contributed by atoms with Crippen molar-refractivity contribution in [2.45, 2.75) is 33.6 Å². The topological polar surface area (TPSA) is 66.2 Å². The predicted octanol–water partition coefficient (Wildman–Crippen LogP) is 4.30. The van der Waals surface area contributed by atoms with Crippen molar-refractivity contribution < 1.29 is 10.2 Å². The van der Waals surface area contributed by atoms with Crippen LogP contribution in [-0.2, 0) is 0 Å². The van der Waals surface area contributed by atoms with Crippen molar-refractivity contribution in [3.8, 4) is 11.5 Å². The van der Waals surface area contributed by atoms with E-state index in [1.807, 2.05) is 58.0 Å². The van der Waals surface area contributed by atoms with E-state index in [4.69, 9.17) is 0 Å². The number of aromatic hydroxyl groups is 2. The minimum atomic E-state index is -0.375. The highest BCUT2D eigenvalue weighted by atomic mass is 16.3. The number of benzene rings is 2. The van der Waals surface area contributed by atoms with E-state index in [9.17, 15) is 10.2 Å². The summed E-state index contributed by atoms with van der Waals surface area (Å²) in [5.74, 6) is 0.0840. The van der Waals surface area contributed by atoms with E-state index in [0.717, 1.165) is 39.1 Å². The van der Waals surface area contributed by atoms with Crippen molar-refractivity contribution in [3.63, 3.8) is 0 Å². The van der Waals surface area contributed by atoms with Gasteiger partial charge in [-0.15, -0.1) is 0 Å². The second kappa shape index (κ2) is 6.55. The van der Waals surface area contributed by atoms with Gasteiger partial charge >= 0.3 is 0 Å². The molecular weight excluding hydrogens is 312 g/mol. The first-order chi connectivity index (χ1) is 11.9. The smallest absolute Gasteiger partial charge is 0.122 e. The number of hydrogen-bond donors (Lipinski definition) is 2. The molecule has 4 heteroatoms. The molecule has 25 heavy (non-hydrogen) atoms. The van der Waals surface area contributed by atoms with E-state index in [0.29, 0.717) is 0 Å². The Kier molecular flexibility index (Phi) is 4.45. The fraction of sp³-hybridized carbons (Fsp3) is 0.238. The van der Waals surface area contributed by atoms with Crippen LogP contribution in [-0.4, -0.2) is 20.2 Å². The van der Waals surface area contributed by atoms with Gasteiger partial charge in [0, 0.05) is 17.3 Å². The summed E-state index contributed by atoms with van der Waals surface area (Å²) in [6, 6.07) is 9.60. The Labute approximate surface area is 147 Å². The third kappa shape index (κ3) is 3.20. The van der Waals surface area contributed by atoms with Crippen molar-refractivity contribution >= 4 is 0 Å². The zero-order valence-electron chi connectivity index (χ0n) is 14.9. The highest BCUT2D eigenvalue weighted by molar-refractivity contribution is 5.56. The summed E-state index contributed by atoms with van der Waals surface area (Å²) in [6.45, 7) is 7.75. The van der Waals surface area contributed by atoms with E-state index >= 15 is 0 Å². The van der Waals surface area contributed by atoms with Gasteiger partial charge in [0.2, 0.25) is 0 Å². The number of aromatic nitrogens is 2. The number of aryl methyl sites for hydroxylation is 4. The second-order valence-corrected chi connectivity index (χ2v) is 6.61. The molecule has 0 radical (unpaired) electrons. The third-order valence-electron chi connectivity index (χ3n) is 4.47.